The third kappa shape index (κ3) is 7.01. The van der Waals surface area contributed by atoms with Crippen LogP contribution < -0.4 is 5.32 Å². The monoisotopic (exact) mass is 371 g/mol. The van der Waals surface area contributed by atoms with Gasteiger partial charge in [0.05, 0.1) is 26.4 Å². The van der Waals surface area contributed by atoms with Gasteiger partial charge in [-0.1, -0.05) is 60.7 Å². The maximum atomic E-state index is 12.0. The summed E-state index contributed by atoms with van der Waals surface area (Å²) in [5.74, 6) is -3.07. The van der Waals surface area contributed by atoms with E-state index in [1.54, 1.807) is 18.2 Å². The topological polar surface area (TPSA) is 102 Å². The van der Waals surface area contributed by atoms with Gasteiger partial charge in [0.25, 0.3) is 5.91 Å². The van der Waals surface area contributed by atoms with Crippen molar-refractivity contribution in [3.05, 3.63) is 71.8 Å². The van der Waals surface area contributed by atoms with E-state index in [0.717, 1.165) is 5.56 Å². The number of hydrogen-bond donors (Lipinski definition) is 2. The molecule has 2 N–H and O–H groups in total. The van der Waals surface area contributed by atoms with Gasteiger partial charge in [-0.25, -0.2) is 4.79 Å². The van der Waals surface area contributed by atoms with E-state index < -0.39 is 23.7 Å². The van der Waals surface area contributed by atoms with Crippen LogP contribution in [0.3, 0.4) is 0 Å². The molecule has 0 radical (unpaired) electrons. The zero-order valence-corrected chi connectivity index (χ0v) is 14.7. The molecule has 1 atom stereocenters. The first-order valence-electron chi connectivity index (χ1n) is 8.40. The molecule has 0 saturated carbocycles. The van der Waals surface area contributed by atoms with Crippen molar-refractivity contribution in [1.82, 2.24) is 5.32 Å². The fourth-order valence-electron chi connectivity index (χ4n) is 2.20. The Morgan fingerprint density at radius 2 is 1.48 bits per heavy atom. The Balaban J connectivity index is 1.71. The second-order valence-corrected chi connectivity index (χ2v) is 5.67. The number of carbonyl (C=O) groups is 3. The van der Waals surface area contributed by atoms with Crippen LogP contribution in [0.5, 0.6) is 0 Å². The molecule has 0 saturated heterocycles. The lowest BCUT2D eigenvalue weighted by Gasteiger charge is -2.14. The van der Waals surface area contributed by atoms with E-state index in [0.29, 0.717) is 6.61 Å². The largest absolute Gasteiger partial charge is 0.480 e. The van der Waals surface area contributed by atoms with Gasteiger partial charge in [0.15, 0.2) is 6.04 Å². The summed E-state index contributed by atoms with van der Waals surface area (Å²) in [6, 6.07) is 16.2. The van der Waals surface area contributed by atoms with Crippen LogP contribution in [-0.4, -0.2) is 48.6 Å². The second-order valence-electron chi connectivity index (χ2n) is 5.67. The van der Waals surface area contributed by atoms with Crippen LogP contribution in [0.1, 0.15) is 15.9 Å². The summed E-state index contributed by atoms with van der Waals surface area (Å²) in [6.07, 6.45) is 0. The number of aliphatic carboxylic acids is 1. The molecule has 0 fully saturated rings. The van der Waals surface area contributed by atoms with Gasteiger partial charge >= 0.3 is 5.97 Å². The summed E-state index contributed by atoms with van der Waals surface area (Å²) in [7, 11) is 0. The van der Waals surface area contributed by atoms with Crippen LogP contribution >= 0.6 is 0 Å². The number of benzene rings is 2. The highest BCUT2D eigenvalue weighted by Crippen LogP contribution is 2.02. The highest BCUT2D eigenvalue weighted by atomic mass is 16.5. The lowest BCUT2D eigenvalue weighted by molar-refractivity contribution is -0.143. The zero-order chi connectivity index (χ0) is 19.5. The van der Waals surface area contributed by atoms with Crippen molar-refractivity contribution in [2.24, 2.45) is 0 Å². The SMILES string of the molecule is O=C(N[C@@H](COCCOCc1ccccc1)C(=O)O)C(=O)c1ccccc1. The minimum atomic E-state index is -1.32. The summed E-state index contributed by atoms with van der Waals surface area (Å²) in [5, 5.41) is 11.4. The molecule has 0 unspecified atom stereocenters. The number of carboxylic acids is 1. The summed E-state index contributed by atoms with van der Waals surface area (Å²) >= 11 is 0. The van der Waals surface area contributed by atoms with Gasteiger partial charge in [0, 0.05) is 5.56 Å². The zero-order valence-electron chi connectivity index (χ0n) is 14.7. The van der Waals surface area contributed by atoms with E-state index in [4.69, 9.17) is 9.47 Å². The highest BCUT2D eigenvalue weighted by Gasteiger charge is 2.24. The maximum Gasteiger partial charge on any atom is 0.328 e. The molecule has 0 spiro atoms. The summed E-state index contributed by atoms with van der Waals surface area (Å²) in [6.45, 7) is 0.601. The number of ketones is 1. The van der Waals surface area contributed by atoms with Crippen molar-refractivity contribution < 1.29 is 29.0 Å². The van der Waals surface area contributed by atoms with E-state index in [-0.39, 0.29) is 25.4 Å². The standard InChI is InChI=1S/C20H21NO6/c22-18(16-9-5-2-6-10-16)19(23)21-17(20(24)25)14-27-12-11-26-13-15-7-3-1-4-8-15/h1-10,17H,11-14H2,(H,21,23)(H,24,25)/t17-/m0/s1. The first-order chi connectivity index (χ1) is 13.1. The van der Waals surface area contributed by atoms with Crippen molar-refractivity contribution in [3.8, 4) is 0 Å². The molecule has 27 heavy (non-hydrogen) atoms. The van der Waals surface area contributed by atoms with Gasteiger partial charge in [0.2, 0.25) is 5.78 Å². The molecule has 7 nitrogen and oxygen atoms in total. The number of rotatable bonds is 11. The molecule has 0 bridgehead atoms. The number of Topliss-reactive ketones (excluding diaryl/α,β-unsaturated/α-hetero) is 1. The van der Waals surface area contributed by atoms with Crippen molar-refractivity contribution in [2.75, 3.05) is 19.8 Å². The number of amides is 1. The van der Waals surface area contributed by atoms with Crippen molar-refractivity contribution in [3.63, 3.8) is 0 Å². The number of carboxylic acid groups (broad SMARTS) is 1. The lowest BCUT2D eigenvalue weighted by atomic mass is 10.1. The Labute approximate surface area is 156 Å². The first kappa shape index (κ1) is 20.3. The predicted molar refractivity (Wildman–Crippen MR) is 97.3 cm³/mol. The normalized spacial score (nSPS) is 11.6. The average Bonchev–Trinajstić information content (AvgIpc) is 2.70. The van der Waals surface area contributed by atoms with Gasteiger partial charge in [-0.2, -0.15) is 0 Å². The molecule has 2 aromatic carbocycles. The van der Waals surface area contributed by atoms with Crippen LogP contribution in [0.2, 0.25) is 0 Å². The Hall–Kier alpha value is -3.03. The van der Waals surface area contributed by atoms with Crippen LogP contribution in [-0.2, 0) is 25.7 Å². The summed E-state index contributed by atoms with van der Waals surface area (Å²) < 4.78 is 10.7. The van der Waals surface area contributed by atoms with Gasteiger partial charge < -0.3 is 19.9 Å². The smallest absolute Gasteiger partial charge is 0.328 e. The van der Waals surface area contributed by atoms with Gasteiger partial charge in [-0.15, -0.1) is 0 Å². The lowest BCUT2D eigenvalue weighted by Crippen LogP contribution is -2.46. The fraction of sp³-hybridized carbons (Fsp3) is 0.250. The Morgan fingerprint density at radius 1 is 0.889 bits per heavy atom. The Bertz CT molecular complexity index is 748. The minimum absolute atomic E-state index is 0.166. The molecule has 2 rings (SSSR count). The van der Waals surface area contributed by atoms with Crippen molar-refractivity contribution in [1.29, 1.82) is 0 Å². The molecule has 1 amide bonds. The quantitative estimate of drug-likeness (QED) is 0.354. The summed E-state index contributed by atoms with van der Waals surface area (Å²) in [5.41, 5.74) is 1.21. The van der Waals surface area contributed by atoms with Gasteiger partial charge in [0.1, 0.15) is 0 Å². The third-order valence-electron chi connectivity index (χ3n) is 3.61. The van der Waals surface area contributed by atoms with Crippen LogP contribution in [0.15, 0.2) is 60.7 Å². The van der Waals surface area contributed by atoms with E-state index in [1.807, 2.05) is 30.3 Å². The molecule has 2 aromatic rings. The van der Waals surface area contributed by atoms with Gasteiger partial charge in [-0.3, -0.25) is 9.59 Å². The number of hydrogen-bond acceptors (Lipinski definition) is 5. The van der Waals surface area contributed by atoms with E-state index >= 15 is 0 Å². The van der Waals surface area contributed by atoms with Crippen LogP contribution in [0.25, 0.3) is 0 Å². The van der Waals surface area contributed by atoms with Crippen LogP contribution in [0.4, 0.5) is 0 Å². The minimum Gasteiger partial charge on any atom is -0.480 e. The van der Waals surface area contributed by atoms with E-state index in [1.165, 1.54) is 12.1 Å². The predicted octanol–water partition coefficient (Wildman–Crippen LogP) is 1.67. The van der Waals surface area contributed by atoms with Crippen molar-refractivity contribution in [2.45, 2.75) is 12.6 Å². The van der Waals surface area contributed by atoms with E-state index in [9.17, 15) is 19.5 Å². The molecule has 0 aliphatic heterocycles. The molecule has 0 aromatic heterocycles. The molecule has 142 valence electrons. The number of carbonyl (C=O) groups excluding carboxylic acids is 2. The number of nitrogens with one attached hydrogen (secondary N) is 1. The summed E-state index contributed by atoms with van der Waals surface area (Å²) in [4.78, 5) is 35.2. The van der Waals surface area contributed by atoms with E-state index in [2.05, 4.69) is 5.32 Å². The number of ether oxygens (including phenoxy) is 2. The molecular weight excluding hydrogens is 350 g/mol. The Morgan fingerprint density at radius 3 is 2.11 bits per heavy atom. The molecule has 0 aliphatic carbocycles. The first-order valence-corrected chi connectivity index (χ1v) is 8.40. The highest BCUT2D eigenvalue weighted by molar-refractivity contribution is 6.43. The average molecular weight is 371 g/mol. The van der Waals surface area contributed by atoms with Crippen LogP contribution in [0, 0.1) is 0 Å². The fourth-order valence-corrected chi connectivity index (χ4v) is 2.20. The van der Waals surface area contributed by atoms with Crippen molar-refractivity contribution >= 4 is 17.7 Å². The second kappa shape index (κ2) is 10.8. The Kier molecular flexibility index (Phi) is 8.15. The maximum absolute atomic E-state index is 12.0. The molecular formula is C20H21NO6. The third-order valence-corrected chi connectivity index (χ3v) is 3.61. The van der Waals surface area contributed by atoms with Gasteiger partial charge in [-0.05, 0) is 5.56 Å². The molecule has 0 aliphatic rings. The molecule has 7 heteroatoms. The molecule has 0 heterocycles.